The molecule has 0 amide bonds. The highest BCUT2D eigenvalue weighted by Gasteiger charge is 2.68. The summed E-state index contributed by atoms with van der Waals surface area (Å²) < 4.78 is 61.4. The van der Waals surface area contributed by atoms with Gasteiger partial charge in [-0.05, 0) is 30.3 Å². The molecule has 2 aliphatic heterocycles. The van der Waals surface area contributed by atoms with Crippen molar-refractivity contribution >= 4 is 41.8 Å². The molecule has 19 nitrogen and oxygen atoms in total. The minimum absolute atomic E-state index is 0.0747. The molecule has 54 heavy (non-hydrogen) atoms. The number of esters is 7. The van der Waals surface area contributed by atoms with Crippen LogP contribution in [0.1, 0.15) is 51.9 Å². The first-order chi connectivity index (χ1) is 25.4. The molecule has 4 rings (SSSR count). The number of hydrogen-bond acceptors (Lipinski definition) is 19. The average Bonchev–Trinajstić information content (AvgIpc) is 3.31. The van der Waals surface area contributed by atoms with Crippen molar-refractivity contribution in [3.63, 3.8) is 0 Å². The predicted octanol–water partition coefficient (Wildman–Crippen LogP) is 0.662. The maximum absolute atomic E-state index is 13.5. The van der Waals surface area contributed by atoms with E-state index >= 15 is 0 Å². The van der Waals surface area contributed by atoms with Crippen LogP contribution in [0.3, 0.4) is 0 Å². The fraction of sp³-hybridized carbons (Fsp3) is 0.571. The Morgan fingerprint density at radius 3 is 1.81 bits per heavy atom. The lowest BCUT2D eigenvalue weighted by atomic mass is 9.83. The fourth-order valence-electron chi connectivity index (χ4n) is 6.51. The Kier molecular flexibility index (Phi) is 13.6. The van der Waals surface area contributed by atoms with Gasteiger partial charge in [-0.25, -0.2) is 4.79 Å². The number of methoxy groups -OCH3 is 1. The standard InChI is InChI=1S/C35H42O19/c1-16(36)46-14-25-28(48-18(3)38)29(49-19(4)39)30(50-20(5)40)34(52-25)54-33-26-24(12-13-45-33)27(53-32(42)22-8-10-23(44-7)11-9-22)31(51-21(6)41)35(26,43)15-47-17(2)37/h8-13,24-31,33-34,43H,14-15H2,1-7H3/t24-,25-,26-,27+,28-,29+,30-,31-,33+,34+,35-/m1/s1. The van der Waals surface area contributed by atoms with Crippen molar-refractivity contribution in [1.29, 1.82) is 0 Å². The highest BCUT2D eigenvalue weighted by Crippen LogP contribution is 2.50. The van der Waals surface area contributed by atoms with Crippen LogP contribution in [0.5, 0.6) is 5.75 Å². The number of carbonyl (C=O) groups is 7. The molecular formula is C35H42O19. The molecule has 1 aromatic carbocycles. The minimum atomic E-state index is -2.40. The molecule has 19 heteroatoms. The topological polar surface area (TPSA) is 241 Å². The van der Waals surface area contributed by atoms with Crippen LogP contribution in [0.4, 0.5) is 0 Å². The van der Waals surface area contributed by atoms with Gasteiger partial charge in [0.05, 0.1) is 24.9 Å². The second-order valence-electron chi connectivity index (χ2n) is 12.5. The quantitative estimate of drug-likeness (QED) is 0.214. The van der Waals surface area contributed by atoms with Crippen LogP contribution in [-0.2, 0) is 76.1 Å². The lowest BCUT2D eigenvalue weighted by molar-refractivity contribution is -0.350. The molecule has 1 aromatic rings. The first-order valence-corrected chi connectivity index (χ1v) is 16.6. The van der Waals surface area contributed by atoms with Crippen LogP contribution in [0.2, 0.25) is 0 Å². The van der Waals surface area contributed by atoms with Gasteiger partial charge in [0.2, 0.25) is 12.6 Å². The second kappa shape index (κ2) is 17.7. The molecule has 2 heterocycles. The SMILES string of the molecule is COc1ccc(C(=O)O[C@H]2[C@@H]3C=CO[C@@H](O[C@@H]4O[C@H](COC(C)=O)[C@@H](OC(C)=O)[C@H](OC(C)=O)[C@H]4OC(C)=O)[C@@H]3[C@](O)(COC(C)=O)[C@@H]2OC(C)=O)cc1. The Bertz CT molecular complexity index is 1610. The summed E-state index contributed by atoms with van der Waals surface area (Å²) in [6.07, 6.45) is -10.2. The van der Waals surface area contributed by atoms with Crippen LogP contribution in [-0.4, -0.2) is 122 Å². The Hall–Kier alpha value is -5.27. The Labute approximate surface area is 308 Å². The Morgan fingerprint density at radius 1 is 0.685 bits per heavy atom. The zero-order chi connectivity index (χ0) is 39.9. The largest absolute Gasteiger partial charge is 0.497 e. The number of ether oxygens (including phenoxy) is 11. The van der Waals surface area contributed by atoms with Crippen molar-refractivity contribution in [3.05, 3.63) is 42.2 Å². The van der Waals surface area contributed by atoms with Gasteiger partial charge in [0.15, 0.2) is 24.4 Å². The van der Waals surface area contributed by atoms with E-state index in [1.54, 1.807) is 0 Å². The molecule has 0 aromatic heterocycles. The van der Waals surface area contributed by atoms with E-state index < -0.39 is 122 Å². The highest BCUT2D eigenvalue weighted by molar-refractivity contribution is 5.89. The first kappa shape index (κ1) is 41.5. The van der Waals surface area contributed by atoms with Gasteiger partial charge in [-0.3, -0.25) is 28.8 Å². The number of hydrogen-bond donors (Lipinski definition) is 1. The molecule has 0 bridgehead atoms. The van der Waals surface area contributed by atoms with Crippen molar-refractivity contribution in [2.45, 2.75) is 96.3 Å². The monoisotopic (exact) mass is 766 g/mol. The average molecular weight is 767 g/mol. The van der Waals surface area contributed by atoms with Gasteiger partial charge in [0.25, 0.3) is 0 Å². The van der Waals surface area contributed by atoms with Gasteiger partial charge in [-0.15, -0.1) is 0 Å². The molecule has 0 unspecified atom stereocenters. The molecule has 1 saturated heterocycles. The molecule has 1 N–H and O–H groups in total. The van der Waals surface area contributed by atoms with E-state index in [0.717, 1.165) is 47.8 Å². The van der Waals surface area contributed by atoms with Crippen molar-refractivity contribution < 1.29 is 90.8 Å². The number of fused-ring (bicyclic) bond motifs is 1. The Balaban J connectivity index is 1.79. The normalized spacial score (nSPS) is 31.0. The van der Waals surface area contributed by atoms with E-state index in [-0.39, 0.29) is 5.56 Å². The zero-order valence-corrected chi connectivity index (χ0v) is 30.4. The van der Waals surface area contributed by atoms with E-state index in [2.05, 4.69) is 0 Å². The first-order valence-electron chi connectivity index (χ1n) is 16.6. The fourth-order valence-corrected chi connectivity index (χ4v) is 6.51. The second-order valence-corrected chi connectivity index (χ2v) is 12.5. The summed E-state index contributed by atoms with van der Waals surface area (Å²) in [5.74, 6) is -8.06. The maximum Gasteiger partial charge on any atom is 0.338 e. The summed E-state index contributed by atoms with van der Waals surface area (Å²) in [6.45, 7) is 4.96. The number of rotatable bonds is 13. The third kappa shape index (κ3) is 9.83. The smallest absolute Gasteiger partial charge is 0.338 e. The maximum atomic E-state index is 13.5. The van der Waals surface area contributed by atoms with Crippen LogP contribution >= 0.6 is 0 Å². The summed E-state index contributed by atoms with van der Waals surface area (Å²) >= 11 is 0. The number of benzene rings is 1. The van der Waals surface area contributed by atoms with E-state index in [4.69, 9.17) is 52.1 Å². The minimum Gasteiger partial charge on any atom is -0.497 e. The molecule has 0 spiro atoms. The van der Waals surface area contributed by atoms with Crippen LogP contribution < -0.4 is 4.74 Å². The summed E-state index contributed by atoms with van der Waals surface area (Å²) in [5, 5.41) is 12.4. The van der Waals surface area contributed by atoms with Gasteiger partial charge in [-0.2, -0.15) is 0 Å². The molecule has 1 saturated carbocycles. The van der Waals surface area contributed by atoms with Gasteiger partial charge in [-0.1, -0.05) is 0 Å². The summed E-state index contributed by atoms with van der Waals surface area (Å²) in [7, 11) is 1.44. The molecular weight excluding hydrogens is 724 g/mol. The number of aliphatic hydroxyl groups is 1. The molecule has 3 aliphatic rings. The van der Waals surface area contributed by atoms with Gasteiger partial charge < -0.3 is 57.2 Å². The van der Waals surface area contributed by atoms with Gasteiger partial charge >= 0.3 is 41.8 Å². The summed E-state index contributed by atoms with van der Waals surface area (Å²) in [4.78, 5) is 86.6. The summed E-state index contributed by atoms with van der Waals surface area (Å²) in [5.41, 5.74) is -2.33. The van der Waals surface area contributed by atoms with Crippen LogP contribution in [0, 0.1) is 11.8 Å². The number of carbonyl (C=O) groups excluding carboxylic acids is 7. The van der Waals surface area contributed by atoms with Crippen LogP contribution in [0.15, 0.2) is 36.6 Å². The molecule has 1 aliphatic carbocycles. The van der Waals surface area contributed by atoms with Crippen molar-refractivity contribution in [1.82, 2.24) is 0 Å². The van der Waals surface area contributed by atoms with Crippen molar-refractivity contribution in [3.8, 4) is 5.75 Å². The van der Waals surface area contributed by atoms with Gasteiger partial charge in [0, 0.05) is 47.5 Å². The van der Waals surface area contributed by atoms with E-state index in [0.29, 0.717) is 5.75 Å². The molecule has 11 atom stereocenters. The summed E-state index contributed by atoms with van der Waals surface area (Å²) in [6, 6.07) is 5.88. The van der Waals surface area contributed by atoms with Crippen molar-refractivity contribution in [2.24, 2.45) is 11.8 Å². The Morgan fingerprint density at radius 2 is 1.26 bits per heavy atom. The molecule has 0 radical (unpaired) electrons. The molecule has 2 fully saturated rings. The van der Waals surface area contributed by atoms with Gasteiger partial charge in [0.1, 0.15) is 36.8 Å². The lowest BCUT2D eigenvalue weighted by Crippen LogP contribution is -2.64. The van der Waals surface area contributed by atoms with E-state index in [1.165, 1.54) is 37.5 Å². The lowest BCUT2D eigenvalue weighted by Gasteiger charge is -2.46. The highest BCUT2D eigenvalue weighted by atomic mass is 16.8. The van der Waals surface area contributed by atoms with E-state index in [9.17, 15) is 38.7 Å². The van der Waals surface area contributed by atoms with Crippen molar-refractivity contribution in [2.75, 3.05) is 20.3 Å². The van der Waals surface area contributed by atoms with Crippen LogP contribution in [0.25, 0.3) is 0 Å². The third-order valence-electron chi connectivity index (χ3n) is 8.55. The van der Waals surface area contributed by atoms with E-state index in [1.807, 2.05) is 0 Å². The zero-order valence-electron chi connectivity index (χ0n) is 30.4. The predicted molar refractivity (Wildman–Crippen MR) is 173 cm³/mol. The molecule has 296 valence electrons. The third-order valence-corrected chi connectivity index (χ3v) is 8.55.